The van der Waals surface area contributed by atoms with E-state index in [0.717, 1.165) is 5.56 Å². The fraction of sp³-hybridized carbons (Fsp3) is 0.188. The molecule has 0 saturated heterocycles. The van der Waals surface area contributed by atoms with Crippen LogP contribution in [0.3, 0.4) is 0 Å². The quantitative estimate of drug-likeness (QED) is 0.472. The van der Waals surface area contributed by atoms with Gasteiger partial charge in [-0.15, -0.1) is 0 Å². The molecular formula is C16H12BrIO2. The summed E-state index contributed by atoms with van der Waals surface area (Å²) in [6.45, 7) is 0. The minimum Gasteiger partial charge on any atom is -0.472 e. The molecule has 0 spiro atoms. The highest BCUT2D eigenvalue weighted by Gasteiger charge is 2.40. The molecule has 0 bridgehead atoms. The molecule has 0 N–H and O–H groups in total. The second-order valence-electron chi connectivity index (χ2n) is 4.73. The molecule has 4 heteroatoms. The van der Waals surface area contributed by atoms with Crippen LogP contribution >= 0.6 is 38.5 Å². The summed E-state index contributed by atoms with van der Waals surface area (Å²) in [5.41, 5.74) is 1.71. The Balaban J connectivity index is 2.10. The lowest BCUT2D eigenvalue weighted by Gasteiger charge is -2.28. The highest BCUT2D eigenvalue weighted by atomic mass is 127. The number of hydrogen-bond acceptors (Lipinski definition) is 2. The summed E-state index contributed by atoms with van der Waals surface area (Å²) in [7, 11) is 0. The lowest BCUT2D eigenvalue weighted by atomic mass is 10.0. The molecule has 2 nitrogen and oxygen atoms in total. The van der Waals surface area contributed by atoms with Gasteiger partial charge in [-0.3, -0.25) is 4.79 Å². The van der Waals surface area contributed by atoms with Crippen molar-refractivity contribution in [2.24, 2.45) is 0 Å². The lowest BCUT2D eigenvalue weighted by Crippen LogP contribution is -2.28. The SMILES string of the molecule is O=C1c2ccccc2OC(I)(c2ccccc2)CC1Br. The Bertz CT molecular complexity index is 644. The molecule has 1 heterocycles. The highest BCUT2D eigenvalue weighted by molar-refractivity contribution is 14.1. The van der Waals surface area contributed by atoms with E-state index in [4.69, 9.17) is 4.74 Å². The molecular weight excluding hydrogens is 431 g/mol. The van der Waals surface area contributed by atoms with Crippen molar-refractivity contribution in [2.75, 3.05) is 0 Å². The van der Waals surface area contributed by atoms with E-state index in [1.807, 2.05) is 54.6 Å². The monoisotopic (exact) mass is 442 g/mol. The Morgan fingerprint density at radius 1 is 1.10 bits per heavy atom. The van der Waals surface area contributed by atoms with Crippen LogP contribution < -0.4 is 4.74 Å². The van der Waals surface area contributed by atoms with Crippen LogP contribution in [-0.2, 0) is 3.61 Å². The maximum Gasteiger partial charge on any atom is 0.185 e. The smallest absolute Gasteiger partial charge is 0.185 e. The molecule has 0 radical (unpaired) electrons. The molecule has 102 valence electrons. The molecule has 1 aliphatic rings. The highest BCUT2D eigenvalue weighted by Crippen LogP contribution is 2.44. The number of halogens is 2. The number of para-hydroxylation sites is 1. The van der Waals surface area contributed by atoms with E-state index in [1.165, 1.54) is 0 Å². The number of ether oxygens (including phenoxy) is 1. The number of hydrogen-bond donors (Lipinski definition) is 0. The van der Waals surface area contributed by atoms with Gasteiger partial charge in [-0.25, -0.2) is 0 Å². The third-order valence-corrected chi connectivity index (χ3v) is 5.38. The predicted molar refractivity (Wildman–Crippen MR) is 90.9 cm³/mol. The van der Waals surface area contributed by atoms with E-state index in [-0.39, 0.29) is 10.6 Å². The van der Waals surface area contributed by atoms with Gasteiger partial charge < -0.3 is 4.74 Å². The van der Waals surface area contributed by atoms with Crippen LogP contribution in [0.2, 0.25) is 0 Å². The van der Waals surface area contributed by atoms with Crippen LogP contribution in [0.1, 0.15) is 22.3 Å². The van der Waals surface area contributed by atoms with E-state index < -0.39 is 3.61 Å². The molecule has 1 aliphatic heterocycles. The standard InChI is InChI=1S/C16H12BrIO2/c17-13-10-16(18,11-6-2-1-3-7-11)20-14-9-5-4-8-12(14)15(13)19/h1-9,13H,10H2. The van der Waals surface area contributed by atoms with Crippen LogP contribution in [0.5, 0.6) is 5.75 Å². The Morgan fingerprint density at radius 2 is 1.75 bits per heavy atom. The second-order valence-corrected chi connectivity index (χ2v) is 7.58. The summed E-state index contributed by atoms with van der Waals surface area (Å²) in [5, 5.41) is 0. The predicted octanol–water partition coefficient (Wildman–Crippen LogP) is 4.70. The van der Waals surface area contributed by atoms with Crippen LogP contribution in [-0.4, -0.2) is 10.6 Å². The van der Waals surface area contributed by atoms with E-state index in [1.54, 1.807) is 0 Å². The Hall–Kier alpha value is -0.880. The molecule has 2 aromatic carbocycles. The van der Waals surface area contributed by atoms with Crippen LogP contribution in [0, 0.1) is 0 Å². The first-order valence-electron chi connectivity index (χ1n) is 6.31. The maximum absolute atomic E-state index is 12.4. The number of alkyl halides is 2. The van der Waals surface area contributed by atoms with Gasteiger partial charge in [0.25, 0.3) is 0 Å². The molecule has 0 amide bonds. The van der Waals surface area contributed by atoms with Gasteiger partial charge in [0.05, 0.1) is 10.4 Å². The zero-order valence-corrected chi connectivity index (χ0v) is 14.3. The van der Waals surface area contributed by atoms with Crippen molar-refractivity contribution in [1.29, 1.82) is 0 Å². The van der Waals surface area contributed by atoms with Gasteiger partial charge in [0.15, 0.2) is 9.39 Å². The first kappa shape index (κ1) is 14.1. The van der Waals surface area contributed by atoms with Crippen molar-refractivity contribution in [3.8, 4) is 5.75 Å². The van der Waals surface area contributed by atoms with Gasteiger partial charge in [-0.2, -0.15) is 0 Å². The Morgan fingerprint density at radius 3 is 2.50 bits per heavy atom. The molecule has 0 aliphatic carbocycles. The number of carbonyl (C=O) groups excluding carboxylic acids is 1. The van der Waals surface area contributed by atoms with Crippen LogP contribution in [0.4, 0.5) is 0 Å². The largest absolute Gasteiger partial charge is 0.472 e. The zero-order valence-electron chi connectivity index (χ0n) is 10.6. The van der Waals surface area contributed by atoms with Crippen molar-refractivity contribution < 1.29 is 9.53 Å². The average Bonchev–Trinajstić information content (AvgIpc) is 2.57. The molecule has 20 heavy (non-hydrogen) atoms. The minimum atomic E-state index is -0.546. The maximum atomic E-state index is 12.4. The number of Topliss-reactive ketones (excluding diaryl/α,β-unsaturated/α-hetero) is 1. The Labute approximate surface area is 139 Å². The fourth-order valence-electron chi connectivity index (χ4n) is 2.33. The summed E-state index contributed by atoms with van der Waals surface area (Å²) < 4.78 is 5.66. The van der Waals surface area contributed by atoms with Crippen LogP contribution in [0.25, 0.3) is 0 Å². The molecule has 2 atom stereocenters. The second kappa shape index (κ2) is 5.48. The molecule has 0 saturated carbocycles. The third kappa shape index (κ3) is 2.51. The van der Waals surface area contributed by atoms with Crippen molar-refractivity contribution in [2.45, 2.75) is 14.9 Å². The van der Waals surface area contributed by atoms with Crippen molar-refractivity contribution in [3.63, 3.8) is 0 Å². The van der Waals surface area contributed by atoms with Gasteiger partial charge in [-0.05, 0) is 34.7 Å². The first-order valence-corrected chi connectivity index (χ1v) is 8.30. The van der Waals surface area contributed by atoms with Gasteiger partial charge in [0.1, 0.15) is 5.75 Å². The number of carbonyl (C=O) groups is 1. The molecule has 3 rings (SSSR count). The average molecular weight is 443 g/mol. The van der Waals surface area contributed by atoms with Crippen molar-refractivity contribution >= 4 is 44.3 Å². The normalized spacial score (nSPS) is 25.5. The van der Waals surface area contributed by atoms with Gasteiger partial charge >= 0.3 is 0 Å². The summed E-state index contributed by atoms with van der Waals surface area (Å²) in [6.07, 6.45) is 0.588. The summed E-state index contributed by atoms with van der Waals surface area (Å²) >= 11 is 5.81. The van der Waals surface area contributed by atoms with E-state index in [2.05, 4.69) is 38.5 Å². The topological polar surface area (TPSA) is 26.3 Å². The number of ketones is 1. The van der Waals surface area contributed by atoms with Gasteiger partial charge in [0.2, 0.25) is 0 Å². The van der Waals surface area contributed by atoms with Crippen LogP contribution in [0.15, 0.2) is 54.6 Å². The van der Waals surface area contributed by atoms with Gasteiger partial charge in [0, 0.05) is 12.0 Å². The molecule has 0 aromatic heterocycles. The zero-order chi connectivity index (χ0) is 14.2. The molecule has 0 fully saturated rings. The summed E-state index contributed by atoms with van der Waals surface area (Å²) in [6, 6.07) is 17.4. The fourth-order valence-corrected chi connectivity index (χ4v) is 4.68. The first-order chi connectivity index (χ1) is 9.60. The lowest BCUT2D eigenvalue weighted by molar-refractivity contribution is 0.0985. The van der Waals surface area contributed by atoms with Crippen molar-refractivity contribution in [1.82, 2.24) is 0 Å². The van der Waals surface area contributed by atoms with Gasteiger partial charge in [-0.1, -0.05) is 58.4 Å². The number of benzene rings is 2. The van der Waals surface area contributed by atoms with Crippen molar-refractivity contribution in [3.05, 3.63) is 65.7 Å². The number of fused-ring (bicyclic) bond motifs is 1. The van der Waals surface area contributed by atoms with E-state index in [0.29, 0.717) is 17.7 Å². The summed E-state index contributed by atoms with van der Waals surface area (Å²) in [5.74, 6) is 0.729. The number of rotatable bonds is 1. The minimum absolute atomic E-state index is 0.0788. The Kier molecular flexibility index (Phi) is 3.86. The molecule has 2 unspecified atom stereocenters. The molecule has 2 aromatic rings. The third-order valence-electron chi connectivity index (χ3n) is 3.36. The van der Waals surface area contributed by atoms with E-state index in [9.17, 15) is 4.79 Å². The van der Waals surface area contributed by atoms with E-state index >= 15 is 0 Å². The summed E-state index contributed by atoms with van der Waals surface area (Å²) in [4.78, 5) is 12.2.